The lowest BCUT2D eigenvalue weighted by Gasteiger charge is -2.35. The Morgan fingerprint density at radius 1 is 1.10 bits per heavy atom. The monoisotopic (exact) mass is 423 g/mol. The molecule has 6 nitrogen and oxygen atoms in total. The van der Waals surface area contributed by atoms with Crippen molar-refractivity contribution in [3.63, 3.8) is 0 Å². The molecule has 1 saturated heterocycles. The van der Waals surface area contributed by atoms with Crippen LogP contribution in [0.3, 0.4) is 0 Å². The van der Waals surface area contributed by atoms with Gasteiger partial charge in [0.15, 0.2) is 0 Å². The highest BCUT2D eigenvalue weighted by atomic mass is 32.1. The van der Waals surface area contributed by atoms with Gasteiger partial charge in [0, 0.05) is 42.8 Å². The number of fused-ring (bicyclic) bond motifs is 2. The minimum Gasteiger partial charge on any atom is -0.369 e. The molecule has 0 atom stereocenters. The summed E-state index contributed by atoms with van der Waals surface area (Å²) >= 11 is 1.93. The molecule has 0 N–H and O–H groups in total. The van der Waals surface area contributed by atoms with E-state index in [1.807, 2.05) is 31.3 Å². The number of benzene rings is 1. The van der Waals surface area contributed by atoms with E-state index in [9.17, 15) is 4.79 Å². The summed E-state index contributed by atoms with van der Waals surface area (Å²) in [5.74, 6) is 0. The quantitative estimate of drug-likeness (QED) is 0.641. The van der Waals surface area contributed by atoms with Crippen LogP contribution in [-0.4, -0.2) is 45.6 Å². The molecule has 3 heterocycles. The van der Waals surface area contributed by atoms with E-state index in [2.05, 4.69) is 26.9 Å². The van der Waals surface area contributed by atoms with Crippen LogP contribution in [0.15, 0.2) is 29.3 Å². The molecule has 0 saturated carbocycles. The molecule has 5 rings (SSSR count). The number of thiazole rings is 1. The van der Waals surface area contributed by atoms with Gasteiger partial charge in [0.1, 0.15) is 5.01 Å². The summed E-state index contributed by atoms with van der Waals surface area (Å²) in [6, 6.07) is 6.18. The van der Waals surface area contributed by atoms with E-state index in [0.717, 1.165) is 50.3 Å². The van der Waals surface area contributed by atoms with E-state index in [1.165, 1.54) is 34.8 Å². The van der Waals surface area contributed by atoms with Crippen molar-refractivity contribution in [3.8, 4) is 0 Å². The number of rotatable bonds is 4. The van der Waals surface area contributed by atoms with Gasteiger partial charge in [0.2, 0.25) is 0 Å². The first-order chi connectivity index (χ1) is 14.6. The third-order valence-corrected chi connectivity index (χ3v) is 7.45. The summed E-state index contributed by atoms with van der Waals surface area (Å²) < 4.78 is 1.69. The molecule has 1 aliphatic heterocycles. The minimum atomic E-state index is 0.0394. The lowest BCUT2D eigenvalue weighted by Crippen LogP contribution is -2.46. The Morgan fingerprint density at radius 2 is 1.90 bits per heavy atom. The molecule has 0 unspecified atom stereocenters. The normalized spacial score (nSPS) is 17.6. The smallest absolute Gasteiger partial charge is 0.261 e. The third kappa shape index (κ3) is 3.76. The van der Waals surface area contributed by atoms with Crippen LogP contribution in [0, 0.1) is 0 Å². The van der Waals surface area contributed by atoms with Gasteiger partial charge in [0.05, 0.1) is 29.5 Å². The highest BCUT2D eigenvalue weighted by molar-refractivity contribution is 7.11. The number of nitrogens with zero attached hydrogens (tertiary/aromatic N) is 5. The molecule has 2 aromatic heterocycles. The van der Waals surface area contributed by atoms with Gasteiger partial charge in [-0.15, -0.1) is 11.3 Å². The number of anilines is 1. The zero-order valence-corrected chi connectivity index (χ0v) is 18.6. The second-order valence-electron chi connectivity index (χ2n) is 8.70. The fraction of sp³-hybridized carbons (Fsp3) is 0.522. The van der Waals surface area contributed by atoms with Crippen LogP contribution in [0.2, 0.25) is 0 Å². The van der Waals surface area contributed by atoms with E-state index >= 15 is 0 Å². The molecule has 0 amide bonds. The Labute approximate surface area is 181 Å². The van der Waals surface area contributed by atoms with Crippen LogP contribution >= 0.6 is 11.3 Å². The third-order valence-electron chi connectivity index (χ3n) is 6.31. The zero-order chi connectivity index (χ0) is 20.7. The number of aromatic nitrogens is 3. The maximum absolute atomic E-state index is 12.6. The molecule has 1 aliphatic carbocycles. The van der Waals surface area contributed by atoms with Gasteiger partial charge in [0.25, 0.3) is 5.56 Å². The molecule has 7 heteroatoms. The van der Waals surface area contributed by atoms with Crippen LogP contribution < -0.4 is 10.5 Å². The van der Waals surface area contributed by atoms with E-state index in [0.29, 0.717) is 5.39 Å². The summed E-state index contributed by atoms with van der Waals surface area (Å²) in [6.07, 6.45) is 6.67. The minimum absolute atomic E-state index is 0.0394. The van der Waals surface area contributed by atoms with E-state index < -0.39 is 0 Å². The number of hydrogen-bond acceptors (Lipinski definition) is 6. The predicted molar refractivity (Wildman–Crippen MR) is 123 cm³/mol. The molecule has 0 radical (unpaired) electrons. The van der Waals surface area contributed by atoms with Crippen LogP contribution in [0.4, 0.5) is 5.69 Å². The first-order valence-corrected chi connectivity index (χ1v) is 11.9. The molecule has 3 aromatic rings. The molecule has 1 fully saturated rings. The second-order valence-corrected chi connectivity index (χ2v) is 9.87. The standard InChI is InChI=1S/C23H29N5OS/c1-16(2)28-15-24-20-13-17(7-8-18(20)23(28)29)27-11-9-26(10-12-27)14-22-25-19-5-3-4-6-21(19)30-22/h7-8,13,15-16H,3-6,9-12,14H2,1-2H3. The molecular formula is C23H29N5OS. The van der Waals surface area contributed by atoms with Gasteiger partial charge in [-0.05, 0) is 57.7 Å². The zero-order valence-electron chi connectivity index (χ0n) is 17.8. The van der Waals surface area contributed by atoms with Gasteiger partial charge < -0.3 is 4.90 Å². The summed E-state index contributed by atoms with van der Waals surface area (Å²) in [4.78, 5) is 28.5. The van der Waals surface area contributed by atoms with Crippen molar-refractivity contribution in [2.75, 3.05) is 31.1 Å². The first kappa shape index (κ1) is 19.7. The molecule has 30 heavy (non-hydrogen) atoms. The molecule has 0 bridgehead atoms. The van der Waals surface area contributed by atoms with Crippen molar-refractivity contribution in [2.24, 2.45) is 0 Å². The Bertz CT molecular complexity index is 1090. The topological polar surface area (TPSA) is 54.3 Å². The summed E-state index contributed by atoms with van der Waals surface area (Å²) in [5, 5.41) is 1.98. The van der Waals surface area contributed by atoms with Crippen molar-refractivity contribution in [2.45, 2.75) is 52.1 Å². The van der Waals surface area contributed by atoms with Gasteiger partial charge in [-0.3, -0.25) is 14.3 Å². The van der Waals surface area contributed by atoms with Gasteiger partial charge in [-0.1, -0.05) is 0 Å². The average Bonchev–Trinajstić information content (AvgIpc) is 3.16. The fourth-order valence-electron chi connectivity index (χ4n) is 4.52. The first-order valence-electron chi connectivity index (χ1n) is 11.0. The van der Waals surface area contributed by atoms with Crippen LogP contribution in [-0.2, 0) is 19.4 Å². The molecule has 0 spiro atoms. The van der Waals surface area contributed by atoms with Crippen LogP contribution in [0.5, 0.6) is 0 Å². The van der Waals surface area contributed by atoms with Crippen LogP contribution in [0.25, 0.3) is 10.9 Å². The van der Waals surface area contributed by atoms with E-state index in [4.69, 9.17) is 4.98 Å². The maximum Gasteiger partial charge on any atom is 0.261 e. The molecule has 158 valence electrons. The van der Waals surface area contributed by atoms with Gasteiger partial charge in [-0.25, -0.2) is 9.97 Å². The van der Waals surface area contributed by atoms with Crippen molar-refractivity contribution >= 4 is 27.9 Å². The molecular weight excluding hydrogens is 394 g/mol. The van der Waals surface area contributed by atoms with Crippen LogP contribution in [0.1, 0.15) is 48.3 Å². The van der Waals surface area contributed by atoms with E-state index in [-0.39, 0.29) is 11.6 Å². The predicted octanol–water partition coefficient (Wildman–Crippen LogP) is 3.63. The average molecular weight is 424 g/mol. The Hall–Kier alpha value is -2.25. The molecule has 2 aliphatic rings. The highest BCUT2D eigenvalue weighted by Crippen LogP contribution is 2.28. The fourth-order valence-corrected chi connectivity index (χ4v) is 5.72. The number of hydrogen-bond donors (Lipinski definition) is 0. The summed E-state index contributed by atoms with van der Waals surface area (Å²) in [5.41, 5.74) is 3.34. The SMILES string of the molecule is CC(C)n1cnc2cc(N3CCN(Cc4nc5c(s4)CCCC5)CC3)ccc2c1=O. The van der Waals surface area contributed by atoms with E-state index in [1.54, 1.807) is 10.9 Å². The summed E-state index contributed by atoms with van der Waals surface area (Å²) in [7, 11) is 0. The summed E-state index contributed by atoms with van der Waals surface area (Å²) in [6.45, 7) is 9.02. The highest BCUT2D eigenvalue weighted by Gasteiger charge is 2.21. The second kappa shape index (κ2) is 8.12. The van der Waals surface area contributed by atoms with Gasteiger partial charge in [-0.2, -0.15) is 0 Å². The number of aryl methyl sites for hydroxylation is 2. The number of piperazine rings is 1. The lowest BCUT2D eigenvalue weighted by molar-refractivity contribution is 0.249. The Morgan fingerprint density at radius 3 is 2.67 bits per heavy atom. The van der Waals surface area contributed by atoms with Crippen molar-refractivity contribution < 1.29 is 0 Å². The van der Waals surface area contributed by atoms with Crippen molar-refractivity contribution in [1.82, 2.24) is 19.4 Å². The molecule has 1 aromatic carbocycles. The maximum atomic E-state index is 12.6. The van der Waals surface area contributed by atoms with Gasteiger partial charge >= 0.3 is 0 Å². The Balaban J connectivity index is 1.26. The lowest BCUT2D eigenvalue weighted by atomic mass is 10.0. The Kier molecular flexibility index (Phi) is 5.33. The van der Waals surface area contributed by atoms with Crippen molar-refractivity contribution in [1.29, 1.82) is 0 Å². The largest absolute Gasteiger partial charge is 0.369 e. The van der Waals surface area contributed by atoms with Crippen molar-refractivity contribution in [3.05, 3.63) is 50.5 Å².